The molecule has 0 spiro atoms. The number of carbonyl (C=O) groups is 1. The molecule has 0 saturated carbocycles. The van der Waals surface area contributed by atoms with Gasteiger partial charge in [0.15, 0.2) is 5.76 Å². The Morgan fingerprint density at radius 2 is 1.74 bits per heavy atom. The molecule has 1 aliphatic rings. The molecule has 0 atom stereocenters. The van der Waals surface area contributed by atoms with Crippen molar-refractivity contribution < 1.29 is 23.7 Å². The van der Waals surface area contributed by atoms with Crippen LogP contribution >= 0.6 is 23.2 Å². The molecular weight excluding hydrogens is 439 g/mol. The molecule has 5 nitrogen and oxygen atoms in total. The number of allylic oxidation sites excluding steroid dienone is 1. The zero-order valence-corrected chi connectivity index (χ0v) is 18.3. The van der Waals surface area contributed by atoms with E-state index in [4.69, 9.17) is 42.1 Å². The predicted molar refractivity (Wildman–Crippen MR) is 120 cm³/mol. The summed E-state index contributed by atoms with van der Waals surface area (Å²) in [7, 11) is 3.13. The number of carbonyl (C=O) groups excluding carboxylic acids is 1. The highest BCUT2D eigenvalue weighted by molar-refractivity contribution is 6.35. The summed E-state index contributed by atoms with van der Waals surface area (Å²) in [6.45, 7) is 0.258. The number of methoxy groups -OCH3 is 2. The van der Waals surface area contributed by atoms with E-state index in [1.807, 2.05) is 0 Å². The second-order valence-electron chi connectivity index (χ2n) is 6.73. The minimum absolute atomic E-state index is 0.205. The number of fused-ring (bicyclic) bond motifs is 1. The van der Waals surface area contributed by atoms with Gasteiger partial charge in [0.05, 0.1) is 19.8 Å². The Balaban J connectivity index is 1.53. The summed E-state index contributed by atoms with van der Waals surface area (Å²) >= 11 is 12.1. The minimum atomic E-state index is -0.208. The van der Waals surface area contributed by atoms with Gasteiger partial charge in [-0.1, -0.05) is 29.3 Å². The van der Waals surface area contributed by atoms with E-state index >= 15 is 0 Å². The van der Waals surface area contributed by atoms with E-state index in [-0.39, 0.29) is 18.1 Å². The third-order valence-electron chi connectivity index (χ3n) is 4.78. The van der Waals surface area contributed by atoms with Crippen molar-refractivity contribution in [3.05, 3.63) is 87.1 Å². The van der Waals surface area contributed by atoms with Crippen LogP contribution in [0.15, 0.2) is 60.4 Å². The lowest BCUT2D eigenvalue weighted by Gasteiger charge is -2.09. The first-order chi connectivity index (χ1) is 15.0. The van der Waals surface area contributed by atoms with Crippen molar-refractivity contribution in [2.24, 2.45) is 0 Å². The molecule has 3 aromatic rings. The number of ketones is 1. The van der Waals surface area contributed by atoms with Crippen LogP contribution in [-0.2, 0) is 6.61 Å². The molecule has 0 fully saturated rings. The molecule has 0 radical (unpaired) electrons. The third kappa shape index (κ3) is 4.48. The maximum Gasteiger partial charge on any atom is 0.231 e. The standard InChI is InChI=1S/C24H18Cl2O5/c1-28-17-6-4-14(21(11-17)29-2)9-23-24(27)19-8-7-18(12-22(19)31-23)30-13-15-3-5-16(25)10-20(15)26/h3-12H,13H2,1-2H3. The average Bonchev–Trinajstić information content (AvgIpc) is 3.08. The van der Waals surface area contributed by atoms with E-state index in [0.717, 1.165) is 5.56 Å². The topological polar surface area (TPSA) is 54.0 Å². The van der Waals surface area contributed by atoms with Crippen LogP contribution in [0.25, 0.3) is 6.08 Å². The number of benzene rings is 3. The van der Waals surface area contributed by atoms with Crippen molar-refractivity contribution in [2.75, 3.05) is 14.2 Å². The number of Topliss-reactive ketones (excluding diaryl/α,β-unsaturated/α-hetero) is 1. The second-order valence-corrected chi connectivity index (χ2v) is 7.57. The van der Waals surface area contributed by atoms with E-state index < -0.39 is 0 Å². The molecule has 7 heteroatoms. The summed E-state index contributed by atoms with van der Waals surface area (Å²) in [4.78, 5) is 12.8. The van der Waals surface area contributed by atoms with Crippen LogP contribution < -0.4 is 18.9 Å². The Bertz CT molecular complexity index is 1190. The average molecular weight is 457 g/mol. The van der Waals surface area contributed by atoms with Gasteiger partial charge >= 0.3 is 0 Å². The van der Waals surface area contributed by atoms with Gasteiger partial charge in [-0.15, -0.1) is 0 Å². The van der Waals surface area contributed by atoms with Crippen LogP contribution in [0.4, 0.5) is 0 Å². The van der Waals surface area contributed by atoms with Crippen LogP contribution in [-0.4, -0.2) is 20.0 Å². The normalized spacial score (nSPS) is 13.7. The molecule has 0 saturated heterocycles. The zero-order valence-electron chi connectivity index (χ0n) is 16.8. The zero-order chi connectivity index (χ0) is 22.0. The number of ether oxygens (including phenoxy) is 4. The Kier molecular flexibility index (Phi) is 6.07. The fourth-order valence-electron chi connectivity index (χ4n) is 3.14. The molecule has 0 unspecified atom stereocenters. The lowest BCUT2D eigenvalue weighted by Crippen LogP contribution is -1.99. The fourth-order valence-corrected chi connectivity index (χ4v) is 3.60. The van der Waals surface area contributed by atoms with Crippen molar-refractivity contribution in [3.8, 4) is 23.0 Å². The van der Waals surface area contributed by atoms with Crippen LogP contribution in [0.2, 0.25) is 10.0 Å². The Labute approximate surface area is 189 Å². The molecule has 158 valence electrons. The van der Waals surface area contributed by atoms with E-state index in [0.29, 0.717) is 44.2 Å². The van der Waals surface area contributed by atoms with Gasteiger partial charge < -0.3 is 18.9 Å². The summed E-state index contributed by atoms with van der Waals surface area (Å²) in [5.74, 6) is 2.22. The maximum absolute atomic E-state index is 12.8. The van der Waals surface area contributed by atoms with Crippen LogP contribution in [0.1, 0.15) is 21.5 Å². The highest BCUT2D eigenvalue weighted by Gasteiger charge is 2.28. The number of halogens is 2. The monoisotopic (exact) mass is 456 g/mol. The quantitative estimate of drug-likeness (QED) is 0.412. The summed E-state index contributed by atoms with van der Waals surface area (Å²) in [6, 6.07) is 15.6. The smallest absolute Gasteiger partial charge is 0.231 e. The van der Waals surface area contributed by atoms with E-state index in [1.54, 1.807) is 74.9 Å². The number of hydrogen-bond donors (Lipinski definition) is 0. The van der Waals surface area contributed by atoms with Crippen molar-refractivity contribution >= 4 is 35.1 Å². The molecule has 31 heavy (non-hydrogen) atoms. The number of rotatable bonds is 6. The van der Waals surface area contributed by atoms with E-state index in [1.165, 1.54) is 0 Å². The van der Waals surface area contributed by atoms with Crippen molar-refractivity contribution in [1.82, 2.24) is 0 Å². The first-order valence-corrected chi connectivity index (χ1v) is 10.1. The van der Waals surface area contributed by atoms with Crippen molar-refractivity contribution in [3.63, 3.8) is 0 Å². The van der Waals surface area contributed by atoms with Crippen LogP contribution in [0, 0.1) is 0 Å². The van der Waals surface area contributed by atoms with Gasteiger partial charge in [-0.3, -0.25) is 4.79 Å². The number of hydrogen-bond acceptors (Lipinski definition) is 5. The van der Waals surface area contributed by atoms with Gasteiger partial charge in [0.1, 0.15) is 29.6 Å². The molecule has 4 rings (SSSR count). The van der Waals surface area contributed by atoms with Gasteiger partial charge in [-0.2, -0.15) is 0 Å². The first kappa shape index (κ1) is 21.1. The van der Waals surface area contributed by atoms with Crippen LogP contribution in [0.5, 0.6) is 23.0 Å². The first-order valence-electron chi connectivity index (χ1n) is 9.35. The summed E-state index contributed by atoms with van der Waals surface area (Å²) < 4.78 is 22.2. The predicted octanol–water partition coefficient (Wildman–Crippen LogP) is 6.21. The third-order valence-corrected chi connectivity index (χ3v) is 5.37. The Morgan fingerprint density at radius 3 is 2.48 bits per heavy atom. The summed E-state index contributed by atoms with van der Waals surface area (Å²) in [5, 5.41) is 1.09. The van der Waals surface area contributed by atoms with E-state index in [2.05, 4.69) is 0 Å². The molecule has 1 aliphatic heterocycles. The van der Waals surface area contributed by atoms with Gasteiger partial charge in [0.25, 0.3) is 0 Å². The molecule has 0 bridgehead atoms. The fraction of sp³-hybridized carbons (Fsp3) is 0.125. The molecule has 0 N–H and O–H groups in total. The van der Waals surface area contributed by atoms with Crippen LogP contribution in [0.3, 0.4) is 0 Å². The molecule has 1 heterocycles. The van der Waals surface area contributed by atoms with E-state index in [9.17, 15) is 4.79 Å². The van der Waals surface area contributed by atoms with Gasteiger partial charge in [-0.05, 0) is 42.5 Å². The SMILES string of the molecule is COc1ccc(C=C2Oc3cc(OCc4ccc(Cl)cc4Cl)ccc3C2=O)c(OC)c1. The lowest BCUT2D eigenvalue weighted by atomic mass is 10.1. The highest BCUT2D eigenvalue weighted by atomic mass is 35.5. The Morgan fingerprint density at radius 1 is 0.935 bits per heavy atom. The largest absolute Gasteiger partial charge is 0.497 e. The van der Waals surface area contributed by atoms with Gasteiger partial charge in [-0.25, -0.2) is 0 Å². The maximum atomic E-state index is 12.8. The molecule has 0 aromatic heterocycles. The second kappa shape index (κ2) is 8.92. The summed E-state index contributed by atoms with van der Waals surface area (Å²) in [6.07, 6.45) is 1.65. The summed E-state index contributed by atoms with van der Waals surface area (Å²) in [5.41, 5.74) is 1.97. The van der Waals surface area contributed by atoms with Crippen molar-refractivity contribution in [2.45, 2.75) is 6.61 Å². The molecule has 0 amide bonds. The molecule has 3 aromatic carbocycles. The lowest BCUT2D eigenvalue weighted by molar-refractivity contribution is 0.101. The molecule has 0 aliphatic carbocycles. The Hall–Kier alpha value is -3.15. The van der Waals surface area contributed by atoms with Gasteiger partial charge in [0, 0.05) is 33.3 Å². The molecular formula is C24H18Cl2O5. The van der Waals surface area contributed by atoms with Gasteiger partial charge in [0.2, 0.25) is 5.78 Å². The van der Waals surface area contributed by atoms with Crippen molar-refractivity contribution in [1.29, 1.82) is 0 Å². The highest BCUT2D eigenvalue weighted by Crippen LogP contribution is 2.36. The minimum Gasteiger partial charge on any atom is -0.497 e.